The molecule has 0 heterocycles. The highest BCUT2D eigenvalue weighted by molar-refractivity contribution is 5.88. The van der Waals surface area contributed by atoms with Gasteiger partial charge in [0.25, 0.3) is 0 Å². The molecule has 1 atom stereocenters. The molecule has 0 aliphatic heterocycles. The van der Waals surface area contributed by atoms with Crippen molar-refractivity contribution in [3.8, 4) is 0 Å². The van der Waals surface area contributed by atoms with Gasteiger partial charge in [-0.25, -0.2) is 0 Å². The summed E-state index contributed by atoms with van der Waals surface area (Å²) in [4.78, 5) is 10.7. The molecular formula is C12H20N4O4. The predicted octanol–water partition coefficient (Wildman–Crippen LogP) is 1.33. The molecule has 0 aliphatic carbocycles. The molecule has 0 radical (unpaired) electrons. The van der Waals surface area contributed by atoms with Crippen molar-refractivity contribution in [2.75, 3.05) is 43.7 Å². The van der Waals surface area contributed by atoms with E-state index in [2.05, 4.69) is 10.6 Å². The number of hydrogen-bond acceptors (Lipinski definition) is 7. The second-order valence-corrected chi connectivity index (χ2v) is 4.14. The molecule has 0 saturated heterocycles. The van der Waals surface area contributed by atoms with Crippen LogP contribution in [0.2, 0.25) is 0 Å². The van der Waals surface area contributed by atoms with Gasteiger partial charge in [-0.2, -0.15) is 0 Å². The normalized spacial score (nSPS) is 12.0. The Kier molecular flexibility index (Phi) is 5.53. The topological polar surface area (TPSA) is 123 Å². The molecular weight excluding hydrogens is 264 g/mol. The molecule has 1 rings (SSSR count). The molecule has 0 spiro atoms. The van der Waals surface area contributed by atoms with Crippen LogP contribution in [0.15, 0.2) is 6.07 Å². The first kappa shape index (κ1) is 16.0. The smallest absolute Gasteiger partial charge is 0.317 e. The van der Waals surface area contributed by atoms with Crippen molar-refractivity contribution in [2.45, 2.75) is 13.0 Å². The Morgan fingerprint density at radius 3 is 2.60 bits per heavy atom. The van der Waals surface area contributed by atoms with Crippen molar-refractivity contribution in [2.24, 2.45) is 0 Å². The monoisotopic (exact) mass is 284 g/mol. The van der Waals surface area contributed by atoms with Crippen molar-refractivity contribution in [1.82, 2.24) is 0 Å². The van der Waals surface area contributed by atoms with Gasteiger partial charge in [-0.05, 0) is 13.0 Å². The van der Waals surface area contributed by atoms with Crippen LogP contribution >= 0.6 is 0 Å². The van der Waals surface area contributed by atoms with Crippen LogP contribution in [0.1, 0.15) is 18.6 Å². The van der Waals surface area contributed by atoms with E-state index in [4.69, 9.17) is 15.6 Å². The van der Waals surface area contributed by atoms with E-state index in [1.54, 1.807) is 27.1 Å². The van der Waals surface area contributed by atoms with Crippen LogP contribution in [-0.2, 0) is 4.74 Å². The summed E-state index contributed by atoms with van der Waals surface area (Å²) in [7, 11) is 3.17. The zero-order valence-electron chi connectivity index (χ0n) is 11.8. The number of nitrogen functional groups attached to an aromatic ring is 1. The lowest BCUT2D eigenvalue weighted by Crippen LogP contribution is -2.11. The first-order chi connectivity index (χ1) is 9.47. The fraction of sp³-hybridized carbons (Fsp3) is 0.500. The SMILES string of the molecule is CNc1cc(C(C)OCCO)c(N)c(NC)c1[N+](=O)[O-]. The largest absolute Gasteiger partial charge is 0.397 e. The second kappa shape index (κ2) is 6.92. The van der Waals surface area contributed by atoms with Crippen LogP contribution in [-0.4, -0.2) is 37.3 Å². The van der Waals surface area contributed by atoms with Crippen molar-refractivity contribution < 1.29 is 14.8 Å². The van der Waals surface area contributed by atoms with E-state index in [0.717, 1.165) is 0 Å². The molecule has 112 valence electrons. The van der Waals surface area contributed by atoms with E-state index in [-0.39, 0.29) is 36.4 Å². The number of ether oxygens (including phenoxy) is 1. The van der Waals surface area contributed by atoms with Gasteiger partial charge in [-0.3, -0.25) is 10.1 Å². The van der Waals surface area contributed by atoms with Crippen molar-refractivity contribution >= 4 is 22.7 Å². The van der Waals surface area contributed by atoms with Crippen LogP contribution in [0.4, 0.5) is 22.7 Å². The van der Waals surface area contributed by atoms with Crippen molar-refractivity contribution in [3.63, 3.8) is 0 Å². The summed E-state index contributed by atoms with van der Waals surface area (Å²) in [5, 5.41) is 25.5. The van der Waals surface area contributed by atoms with Gasteiger partial charge in [0.1, 0.15) is 11.4 Å². The van der Waals surface area contributed by atoms with Gasteiger partial charge in [0.15, 0.2) is 0 Å². The van der Waals surface area contributed by atoms with E-state index < -0.39 is 4.92 Å². The Bertz CT molecular complexity index is 493. The van der Waals surface area contributed by atoms with E-state index >= 15 is 0 Å². The van der Waals surface area contributed by atoms with Gasteiger partial charge in [-0.15, -0.1) is 0 Å². The molecule has 1 aromatic carbocycles. The number of aliphatic hydroxyl groups excluding tert-OH is 1. The van der Waals surface area contributed by atoms with Crippen molar-refractivity contribution in [3.05, 3.63) is 21.7 Å². The number of aliphatic hydroxyl groups is 1. The molecule has 0 aromatic heterocycles. The average molecular weight is 284 g/mol. The Balaban J connectivity index is 3.37. The summed E-state index contributed by atoms with van der Waals surface area (Å²) in [5.74, 6) is 0. The fourth-order valence-corrected chi connectivity index (χ4v) is 2.00. The number of nitrogens with one attached hydrogen (secondary N) is 2. The number of nitro groups is 1. The number of hydrogen-bond donors (Lipinski definition) is 4. The second-order valence-electron chi connectivity index (χ2n) is 4.14. The zero-order valence-corrected chi connectivity index (χ0v) is 11.8. The van der Waals surface area contributed by atoms with Crippen LogP contribution in [0.25, 0.3) is 0 Å². The summed E-state index contributed by atoms with van der Waals surface area (Å²) >= 11 is 0. The van der Waals surface area contributed by atoms with Gasteiger partial charge in [-0.1, -0.05) is 0 Å². The summed E-state index contributed by atoms with van der Waals surface area (Å²) in [6.45, 7) is 1.84. The van der Waals surface area contributed by atoms with Gasteiger partial charge < -0.3 is 26.2 Å². The number of anilines is 3. The molecule has 20 heavy (non-hydrogen) atoms. The van der Waals surface area contributed by atoms with E-state index in [0.29, 0.717) is 11.3 Å². The number of nitrogens with two attached hydrogens (primary N) is 1. The molecule has 8 nitrogen and oxygen atoms in total. The summed E-state index contributed by atoms with van der Waals surface area (Å²) < 4.78 is 5.40. The Labute approximate surface area is 117 Å². The lowest BCUT2D eigenvalue weighted by molar-refractivity contribution is -0.383. The number of rotatable bonds is 7. The first-order valence-electron chi connectivity index (χ1n) is 6.16. The quantitative estimate of drug-likeness (QED) is 0.338. The molecule has 0 fully saturated rings. The Morgan fingerprint density at radius 2 is 2.15 bits per heavy atom. The molecule has 0 bridgehead atoms. The highest BCUT2D eigenvalue weighted by Crippen LogP contribution is 2.42. The van der Waals surface area contributed by atoms with Crippen LogP contribution in [0.5, 0.6) is 0 Å². The van der Waals surface area contributed by atoms with E-state index in [9.17, 15) is 10.1 Å². The lowest BCUT2D eigenvalue weighted by Gasteiger charge is -2.19. The standard InChI is InChI=1S/C12H20N4O4/c1-7(20-5-4-17)8-6-9(14-2)12(16(18)19)11(15-3)10(8)13/h6-7,14-15,17H,4-5,13H2,1-3H3. The molecule has 0 saturated carbocycles. The maximum atomic E-state index is 11.2. The van der Waals surface area contributed by atoms with Gasteiger partial charge in [0.2, 0.25) is 0 Å². The Hall–Kier alpha value is -2.06. The number of benzene rings is 1. The minimum atomic E-state index is -0.489. The van der Waals surface area contributed by atoms with Crippen LogP contribution in [0.3, 0.4) is 0 Å². The summed E-state index contributed by atoms with van der Waals surface area (Å²) in [5.41, 5.74) is 7.37. The van der Waals surface area contributed by atoms with Gasteiger partial charge >= 0.3 is 5.69 Å². The number of nitrogens with zero attached hydrogens (tertiary/aromatic N) is 1. The summed E-state index contributed by atoms with van der Waals surface area (Å²) in [6.07, 6.45) is -0.387. The molecule has 5 N–H and O–H groups in total. The van der Waals surface area contributed by atoms with E-state index in [1.807, 2.05) is 0 Å². The highest BCUT2D eigenvalue weighted by atomic mass is 16.6. The first-order valence-corrected chi connectivity index (χ1v) is 6.16. The van der Waals surface area contributed by atoms with Gasteiger partial charge in [0, 0.05) is 19.7 Å². The zero-order chi connectivity index (χ0) is 15.3. The van der Waals surface area contributed by atoms with Gasteiger partial charge in [0.05, 0.1) is 29.9 Å². The molecule has 1 aromatic rings. The molecule has 0 amide bonds. The third-order valence-electron chi connectivity index (χ3n) is 2.97. The van der Waals surface area contributed by atoms with Crippen LogP contribution < -0.4 is 16.4 Å². The maximum absolute atomic E-state index is 11.2. The fourth-order valence-electron chi connectivity index (χ4n) is 2.00. The third-order valence-corrected chi connectivity index (χ3v) is 2.97. The molecule has 8 heteroatoms. The van der Waals surface area contributed by atoms with Crippen LogP contribution in [0, 0.1) is 10.1 Å². The lowest BCUT2D eigenvalue weighted by atomic mass is 10.0. The number of nitro benzene ring substituents is 1. The highest BCUT2D eigenvalue weighted by Gasteiger charge is 2.26. The minimum Gasteiger partial charge on any atom is -0.397 e. The average Bonchev–Trinajstić information content (AvgIpc) is 2.43. The predicted molar refractivity (Wildman–Crippen MR) is 78.1 cm³/mol. The van der Waals surface area contributed by atoms with Crippen molar-refractivity contribution in [1.29, 1.82) is 0 Å². The summed E-state index contributed by atoms with van der Waals surface area (Å²) in [6, 6.07) is 1.59. The Morgan fingerprint density at radius 1 is 1.50 bits per heavy atom. The van der Waals surface area contributed by atoms with E-state index in [1.165, 1.54) is 0 Å². The third kappa shape index (κ3) is 3.09. The molecule has 1 unspecified atom stereocenters. The molecule has 0 aliphatic rings. The maximum Gasteiger partial charge on any atom is 0.317 e. The minimum absolute atomic E-state index is 0.102.